The Labute approximate surface area is 217 Å². The maximum Gasteiger partial charge on any atom is 0.251 e. The molecule has 0 fully saturated rings. The normalized spacial score (nSPS) is 10.6. The lowest BCUT2D eigenvalue weighted by Gasteiger charge is -2.20. The van der Waals surface area contributed by atoms with E-state index in [0.717, 1.165) is 16.9 Å². The Kier molecular flexibility index (Phi) is 9.71. The minimum atomic E-state index is -0.257. The summed E-state index contributed by atoms with van der Waals surface area (Å²) >= 11 is 0. The summed E-state index contributed by atoms with van der Waals surface area (Å²) < 4.78 is 17.9. The van der Waals surface area contributed by atoms with Crippen LogP contribution in [-0.4, -0.2) is 67.2 Å². The lowest BCUT2D eigenvalue weighted by atomic mass is 10.1. The Hall–Kier alpha value is -4.27. The zero-order chi connectivity index (χ0) is 26.8. The van der Waals surface area contributed by atoms with Crippen molar-refractivity contribution in [3.8, 4) is 17.2 Å². The number of amides is 2. The second-order valence-electron chi connectivity index (χ2n) is 8.25. The van der Waals surface area contributed by atoms with Crippen molar-refractivity contribution in [2.75, 3.05) is 41.0 Å². The second-order valence-corrected chi connectivity index (χ2v) is 8.25. The largest absolute Gasteiger partial charge is 0.493 e. The van der Waals surface area contributed by atoms with Gasteiger partial charge in [-0.1, -0.05) is 24.3 Å². The molecule has 9 nitrogen and oxygen atoms in total. The maximum atomic E-state index is 13.0. The molecule has 0 aliphatic heterocycles. The van der Waals surface area contributed by atoms with Gasteiger partial charge in [-0.3, -0.25) is 9.59 Å². The highest BCUT2D eigenvalue weighted by Crippen LogP contribution is 2.38. The van der Waals surface area contributed by atoms with Crippen molar-refractivity contribution in [1.82, 2.24) is 19.8 Å². The molecule has 1 N–H and O–H groups in total. The van der Waals surface area contributed by atoms with E-state index >= 15 is 0 Å². The summed E-state index contributed by atoms with van der Waals surface area (Å²) in [5, 5.41) is 2.93. The average molecular weight is 507 g/mol. The van der Waals surface area contributed by atoms with Crippen molar-refractivity contribution < 1.29 is 23.8 Å². The van der Waals surface area contributed by atoms with Gasteiger partial charge in [0.1, 0.15) is 12.4 Å². The van der Waals surface area contributed by atoms with Crippen LogP contribution >= 0.6 is 0 Å². The Morgan fingerprint density at radius 1 is 1.03 bits per heavy atom. The highest BCUT2D eigenvalue weighted by Gasteiger charge is 2.19. The first kappa shape index (κ1) is 27.3. The summed E-state index contributed by atoms with van der Waals surface area (Å²) in [5.74, 6) is 1.73. The molecule has 1 heterocycles. The van der Waals surface area contributed by atoms with Crippen molar-refractivity contribution in [2.45, 2.75) is 19.4 Å². The fourth-order valence-electron chi connectivity index (χ4n) is 4.08. The molecular weight excluding hydrogens is 472 g/mol. The quantitative estimate of drug-likeness (QED) is 0.265. The van der Waals surface area contributed by atoms with E-state index < -0.39 is 0 Å². The van der Waals surface area contributed by atoms with Gasteiger partial charge in [-0.2, -0.15) is 0 Å². The maximum absolute atomic E-state index is 13.0. The van der Waals surface area contributed by atoms with E-state index in [1.54, 1.807) is 29.2 Å². The van der Waals surface area contributed by atoms with Crippen molar-refractivity contribution >= 4 is 22.8 Å². The number of aryl methyl sites for hydroxylation is 1. The van der Waals surface area contributed by atoms with Crippen LogP contribution in [0.3, 0.4) is 0 Å². The van der Waals surface area contributed by atoms with Crippen molar-refractivity contribution in [2.24, 2.45) is 0 Å². The molecule has 0 aliphatic carbocycles. The minimum Gasteiger partial charge on any atom is -0.493 e. The van der Waals surface area contributed by atoms with Crippen LogP contribution in [0.2, 0.25) is 0 Å². The number of nitrogens with one attached hydrogen (secondary N) is 1. The molecule has 2 amide bonds. The van der Waals surface area contributed by atoms with Crippen LogP contribution in [0.1, 0.15) is 22.6 Å². The SMILES string of the molecule is C=CCN(CC=C)C(=O)Cn1c(CCCNC(=O)c2cc(OC)c(OC)c(OC)c2)nc2ccccc21. The van der Waals surface area contributed by atoms with Crippen molar-refractivity contribution in [3.05, 3.63) is 73.1 Å². The number of hydrogen-bond acceptors (Lipinski definition) is 6. The van der Waals surface area contributed by atoms with Crippen LogP contribution in [0.15, 0.2) is 61.7 Å². The van der Waals surface area contributed by atoms with Gasteiger partial charge in [-0.05, 0) is 30.7 Å². The van der Waals surface area contributed by atoms with Crippen molar-refractivity contribution in [3.63, 3.8) is 0 Å². The fourth-order valence-corrected chi connectivity index (χ4v) is 4.08. The molecule has 0 spiro atoms. The molecule has 0 aliphatic rings. The summed E-state index contributed by atoms with van der Waals surface area (Å²) in [4.78, 5) is 32.2. The third-order valence-electron chi connectivity index (χ3n) is 5.87. The summed E-state index contributed by atoms with van der Waals surface area (Å²) in [6.45, 7) is 8.96. The Balaban J connectivity index is 1.70. The van der Waals surface area contributed by atoms with Crippen LogP contribution < -0.4 is 19.5 Å². The molecule has 37 heavy (non-hydrogen) atoms. The van der Waals surface area contributed by atoms with E-state index in [4.69, 9.17) is 19.2 Å². The van der Waals surface area contributed by atoms with Crippen LogP contribution in [-0.2, 0) is 17.8 Å². The second kappa shape index (κ2) is 13.2. The number of fused-ring (bicyclic) bond motifs is 1. The monoisotopic (exact) mass is 506 g/mol. The van der Waals surface area contributed by atoms with Crippen LogP contribution in [0.4, 0.5) is 0 Å². The minimum absolute atomic E-state index is 0.0418. The first-order chi connectivity index (χ1) is 18.0. The number of para-hydroxylation sites is 2. The number of nitrogens with zero attached hydrogens (tertiary/aromatic N) is 3. The molecular formula is C28H34N4O5. The molecule has 0 saturated carbocycles. The molecule has 0 radical (unpaired) electrons. The molecule has 0 saturated heterocycles. The number of carbonyl (C=O) groups excluding carboxylic acids is 2. The van der Waals surface area contributed by atoms with E-state index in [0.29, 0.717) is 55.3 Å². The van der Waals surface area contributed by atoms with Gasteiger partial charge in [0, 0.05) is 31.6 Å². The zero-order valence-electron chi connectivity index (χ0n) is 21.7. The lowest BCUT2D eigenvalue weighted by molar-refractivity contribution is -0.130. The highest BCUT2D eigenvalue weighted by atomic mass is 16.5. The molecule has 9 heteroatoms. The summed E-state index contributed by atoms with van der Waals surface area (Å²) in [6.07, 6.45) is 4.62. The van der Waals surface area contributed by atoms with Crippen molar-refractivity contribution in [1.29, 1.82) is 0 Å². The smallest absolute Gasteiger partial charge is 0.251 e. The predicted molar refractivity (Wildman–Crippen MR) is 143 cm³/mol. The Morgan fingerprint density at radius 2 is 1.68 bits per heavy atom. The third kappa shape index (κ3) is 6.49. The summed E-state index contributed by atoms with van der Waals surface area (Å²) in [7, 11) is 4.52. The van der Waals surface area contributed by atoms with E-state index in [-0.39, 0.29) is 18.4 Å². The van der Waals surface area contributed by atoms with E-state index in [2.05, 4.69) is 18.5 Å². The Morgan fingerprint density at radius 3 is 2.27 bits per heavy atom. The predicted octanol–water partition coefficient (Wildman–Crippen LogP) is 3.63. The molecule has 0 unspecified atom stereocenters. The number of hydrogen-bond donors (Lipinski definition) is 1. The number of carbonyl (C=O) groups is 2. The molecule has 2 aromatic carbocycles. The topological polar surface area (TPSA) is 94.9 Å². The lowest BCUT2D eigenvalue weighted by Crippen LogP contribution is -2.34. The van der Waals surface area contributed by atoms with Gasteiger partial charge in [-0.25, -0.2) is 4.98 Å². The molecule has 0 atom stereocenters. The fraction of sp³-hybridized carbons (Fsp3) is 0.321. The number of benzene rings is 2. The number of imidazole rings is 1. The van der Waals surface area contributed by atoms with Crippen LogP contribution in [0.25, 0.3) is 11.0 Å². The highest BCUT2D eigenvalue weighted by molar-refractivity contribution is 5.95. The van der Waals surface area contributed by atoms with Gasteiger partial charge >= 0.3 is 0 Å². The number of rotatable bonds is 14. The molecule has 196 valence electrons. The van der Waals surface area contributed by atoms with E-state index in [1.165, 1.54) is 21.3 Å². The number of ether oxygens (including phenoxy) is 3. The number of aromatic nitrogens is 2. The molecule has 1 aromatic heterocycles. The van der Waals surface area contributed by atoms with Gasteiger partial charge in [0.05, 0.1) is 32.4 Å². The first-order valence-corrected chi connectivity index (χ1v) is 12.0. The van der Waals surface area contributed by atoms with Gasteiger partial charge in [0.2, 0.25) is 11.7 Å². The summed E-state index contributed by atoms with van der Waals surface area (Å²) in [6, 6.07) is 11.0. The van der Waals surface area contributed by atoms with Gasteiger partial charge in [0.15, 0.2) is 11.5 Å². The average Bonchev–Trinajstić information content (AvgIpc) is 3.26. The molecule has 3 aromatic rings. The molecule has 0 bridgehead atoms. The van der Waals surface area contributed by atoms with Crippen LogP contribution in [0.5, 0.6) is 17.2 Å². The van der Waals surface area contributed by atoms with Gasteiger partial charge in [-0.15, -0.1) is 13.2 Å². The van der Waals surface area contributed by atoms with Crippen LogP contribution in [0, 0.1) is 0 Å². The van der Waals surface area contributed by atoms with Gasteiger partial charge in [0.25, 0.3) is 5.91 Å². The standard InChI is InChI=1S/C28H34N4O5/c1-6-15-31(16-7-2)26(33)19-32-22-12-9-8-11-21(22)30-25(32)13-10-14-29-28(34)20-17-23(35-3)27(37-5)24(18-20)36-4/h6-9,11-12,17-18H,1-2,10,13-16,19H2,3-5H3,(H,29,34). The third-order valence-corrected chi connectivity index (χ3v) is 5.87. The first-order valence-electron chi connectivity index (χ1n) is 12.0. The Bertz CT molecular complexity index is 1230. The zero-order valence-corrected chi connectivity index (χ0v) is 21.7. The number of methoxy groups -OCH3 is 3. The van der Waals surface area contributed by atoms with Gasteiger partial charge < -0.3 is 29.0 Å². The molecule has 3 rings (SSSR count). The van der Waals surface area contributed by atoms with E-state index in [9.17, 15) is 9.59 Å². The van der Waals surface area contributed by atoms with E-state index in [1.807, 2.05) is 28.8 Å². The summed E-state index contributed by atoms with van der Waals surface area (Å²) in [5.41, 5.74) is 2.12.